The fraction of sp³-hybridized carbons (Fsp3) is 0.900. The van der Waals surface area contributed by atoms with Gasteiger partial charge in [0.05, 0.1) is 11.0 Å². The summed E-state index contributed by atoms with van der Waals surface area (Å²) < 4.78 is 28.7. The number of carbonyl (C=O) groups is 1. The van der Waals surface area contributed by atoms with E-state index in [1.54, 1.807) is 0 Å². The smallest absolute Gasteiger partial charge is 0.153 e. The predicted molar refractivity (Wildman–Crippen MR) is 57.5 cm³/mol. The minimum absolute atomic E-state index is 0.0529. The molecule has 0 atom stereocenters. The van der Waals surface area contributed by atoms with Crippen LogP contribution in [0, 0.1) is 0 Å². The number of ether oxygens (including phenoxy) is 1. The van der Waals surface area contributed by atoms with Gasteiger partial charge in [0.1, 0.15) is 5.78 Å². The number of Topliss-reactive ketones (excluding diaryl/α,β-unsaturated/α-hetero) is 1. The van der Waals surface area contributed by atoms with Crippen LogP contribution in [0.4, 0.5) is 0 Å². The minimum Gasteiger partial charge on any atom is -0.381 e. The number of hydrogen-bond donors (Lipinski definition) is 0. The lowest BCUT2D eigenvalue weighted by molar-refractivity contribution is -0.117. The molecule has 1 aliphatic heterocycles. The Morgan fingerprint density at radius 1 is 1.33 bits per heavy atom. The molecule has 0 amide bonds. The van der Waals surface area contributed by atoms with Crippen LogP contribution in [0.2, 0.25) is 0 Å². The van der Waals surface area contributed by atoms with E-state index in [-0.39, 0.29) is 16.8 Å². The fourth-order valence-electron chi connectivity index (χ4n) is 1.72. The third kappa shape index (κ3) is 4.30. The molecule has 15 heavy (non-hydrogen) atoms. The summed E-state index contributed by atoms with van der Waals surface area (Å²) in [6.45, 7) is 2.56. The van der Waals surface area contributed by atoms with Crippen molar-refractivity contribution >= 4 is 15.6 Å². The first-order valence-electron chi connectivity index (χ1n) is 5.31. The molecule has 4 nitrogen and oxygen atoms in total. The van der Waals surface area contributed by atoms with E-state index in [1.807, 2.05) is 0 Å². The minimum atomic E-state index is -3.01. The maximum Gasteiger partial charge on any atom is 0.153 e. The summed E-state index contributed by atoms with van der Waals surface area (Å²) >= 11 is 0. The van der Waals surface area contributed by atoms with E-state index in [4.69, 9.17) is 4.74 Å². The Kier molecular flexibility index (Phi) is 4.73. The summed E-state index contributed by atoms with van der Waals surface area (Å²) in [4.78, 5) is 10.7. The van der Waals surface area contributed by atoms with Gasteiger partial charge in [0.25, 0.3) is 0 Å². The summed E-state index contributed by atoms with van der Waals surface area (Å²) in [7, 11) is -3.01. The SMILES string of the molecule is CC(=O)CCCS(=O)(=O)C1CCOCC1. The molecule has 0 bridgehead atoms. The molecule has 1 aliphatic rings. The summed E-state index contributed by atoms with van der Waals surface area (Å²) in [6.07, 6.45) is 2.02. The van der Waals surface area contributed by atoms with Crippen molar-refractivity contribution < 1.29 is 17.9 Å². The van der Waals surface area contributed by atoms with Crippen molar-refractivity contribution in [1.29, 1.82) is 0 Å². The van der Waals surface area contributed by atoms with E-state index in [1.165, 1.54) is 6.92 Å². The van der Waals surface area contributed by atoms with Gasteiger partial charge >= 0.3 is 0 Å². The summed E-state index contributed by atoms with van der Waals surface area (Å²) in [5.74, 6) is 0.189. The van der Waals surface area contributed by atoms with Crippen molar-refractivity contribution in [2.75, 3.05) is 19.0 Å². The van der Waals surface area contributed by atoms with E-state index in [0.29, 0.717) is 38.9 Å². The van der Waals surface area contributed by atoms with Crippen molar-refractivity contribution in [1.82, 2.24) is 0 Å². The van der Waals surface area contributed by atoms with Gasteiger partial charge < -0.3 is 9.53 Å². The maximum atomic E-state index is 11.8. The van der Waals surface area contributed by atoms with E-state index in [9.17, 15) is 13.2 Å². The highest BCUT2D eigenvalue weighted by atomic mass is 32.2. The zero-order chi connectivity index (χ0) is 11.3. The van der Waals surface area contributed by atoms with Gasteiger partial charge in [-0.15, -0.1) is 0 Å². The first kappa shape index (κ1) is 12.6. The number of rotatable bonds is 5. The Hall–Kier alpha value is -0.420. The molecule has 0 spiro atoms. The molecule has 0 saturated carbocycles. The third-order valence-electron chi connectivity index (χ3n) is 2.63. The molecular weight excluding hydrogens is 216 g/mol. The lowest BCUT2D eigenvalue weighted by Crippen LogP contribution is -2.30. The van der Waals surface area contributed by atoms with Crippen LogP contribution in [-0.4, -0.2) is 38.4 Å². The van der Waals surface area contributed by atoms with Crippen LogP contribution in [-0.2, 0) is 19.4 Å². The second kappa shape index (κ2) is 5.61. The standard InChI is InChI=1S/C10H18O4S/c1-9(11)3-2-8-15(12,13)10-4-6-14-7-5-10/h10H,2-8H2,1H3. The lowest BCUT2D eigenvalue weighted by atomic mass is 10.2. The fourth-order valence-corrected chi connectivity index (χ4v) is 3.51. The molecule has 0 aromatic carbocycles. The Morgan fingerprint density at radius 2 is 1.93 bits per heavy atom. The van der Waals surface area contributed by atoms with E-state index in [2.05, 4.69) is 0 Å². The van der Waals surface area contributed by atoms with Crippen molar-refractivity contribution in [2.24, 2.45) is 0 Å². The third-order valence-corrected chi connectivity index (χ3v) is 4.98. The van der Waals surface area contributed by atoms with Gasteiger partial charge in [0.15, 0.2) is 9.84 Å². The molecule has 0 N–H and O–H groups in total. The van der Waals surface area contributed by atoms with E-state index in [0.717, 1.165) is 0 Å². The zero-order valence-corrected chi connectivity index (χ0v) is 9.88. The van der Waals surface area contributed by atoms with E-state index >= 15 is 0 Å². The highest BCUT2D eigenvalue weighted by molar-refractivity contribution is 7.92. The molecular formula is C10H18O4S. The van der Waals surface area contributed by atoms with Gasteiger partial charge in [-0.2, -0.15) is 0 Å². The van der Waals surface area contributed by atoms with Crippen LogP contribution >= 0.6 is 0 Å². The zero-order valence-electron chi connectivity index (χ0n) is 9.07. The van der Waals surface area contributed by atoms with Crippen LogP contribution in [0.1, 0.15) is 32.6 Å². The normalized spacial score (nSPS) is 19.0. The van der Waals surface area contributed by atoms with Gasteiger partial charge in [-0.25, -0.2) is 8.42 Å². The Balaban J connectivity index is 2.40. The number of ketones is 1. The Labute approximate surface area is 90.9 Å². The second-order valence-electron chi connectivity index (χ2n) is 3.98. The van der Waals surface area contributed by atoms with Crippen LogP contribution < -0.4 is 0 Å². The number of hydrogen-bond acceptors (Lipinski definition) is 4. The highest BCUT2D eigenvalue weighted by Crippen LogP contribution is 2.17. The van der Waals surface area contributed by atoms with Gasteiger partial charge in [-0.3, -0.25) is 0 Å². The first-order chi connectivity index (χ1) is 7.02. The molecule has 88 valence electrons. The summed E-state index contributed by atoms with van der Waals surface area (Å²) in [6, 6.07) is 0. The largest absolute Gasteiger partial charge is 0.381 e. The van der Waals surface area contributed by atoms with Crippen LogP contribution in [0.15, 0.2) is 0 Å². The van der Waals surface area contributed by atoms with Gasteiger partial charge in [-0.1, -0.05) is 0 Å². The van der Waals surface area contributed by atoms with Crippen LogP contribution in [0.5, 0.6) is 0 Å². The Bertz CT molecular complexity index is 301. The quantitative estimate of drug-likeness (QED) is 0.710. The summed E-state index contributed by atoms with van der Waals surface area (Å²) in [5.41, 5.74) is 0. The molecule has 1 rings (SSSR count). The molecule has 1 saturated heterocycles. The van der Waals surface area contributed by atoms with Crippen molar-refractivity contribution in [3.05, 3.63) is 0 Å². The van der Waals surface area contributed by atoms with E-state index < -0.39 is 9.84 Å². The Morgan fingerprint density at radius 3 is 2.47 bits per heavy atom. The molecule has 5 heteroatoms. The predicted octanol–water partition coefficient (Wildman–Crippen LogP) is 0.949. The van der Waals surface area contributed by atoms with Crippen LogP contribution in [0.25, 0.3) is 0 Å². The van der Waals surface area contributed by atoms with Crippen LogP contribution in [0.3, 0.4) is 0 Å². The van der Waals surface area contributed by atoms with Gasteiger partial charge in [0, 0.05) is 19.6 Å². The summed E-state index contributed by atoms with van der Waals surface area (Å²) in [5, 5.41) is -0.252. The topological polar surface area (TPSA) is 60.4 Å². The highest BCUT2D eigenvalue weighted by Gasteiger charge is 2.26. The molecule has 0 aromatic heterocycles. The molecule has 0 aliphatic carbocycles. The second-order valence-corrected chi connectivity index (χ2v) is 6.38. The monoisotopic (exact) mass is 234 g/mol. The first-order valence-corrected chi connectivity index (χ1v) is 7.02. The maximum absolute atomic E-state index is 11.8. The van der Waals surface area contributed by atoms with Crippen molar-refractivity contribution in [3.63, 3.8) is 0 Å². The molecule has 0 unspecified atom stereocenters. The molecule has 1 fully saturated rings. The number of sulfone groups is 1. The molecule has 0 radical (unpaired) electrons. The van der Waals surface area contributed by atoms with Crippen molar-refractivity contribution in [2.45, 2.75) is 37.9 Å². The lowest BCUT2D eigenvalue weighted by Gasteiger charge is -2.21. The molecule has 0 aromatic rings. The average molecular weight is 234 g/mol. The van der Waals surface area contributed by atoms with Crippen molar-refractivity contribution in [3.8, 4) is 0 Å². The van der Waals surface area contributed by atoms with Gasteiger partial charge in [0.2, 0.25) is 0 Å². The van der Waals surface area contributed by atoms with Gasteiger partial charge in [-0.05, 0) is 26.2 Å². The number of carbonyl (C=O) groups excluding carboxylic acids is 1. The average Bonchev–Trinajstić information content (AvgIpc) is 2.18. The molecule has 1 heterocycles.